The van der Waals surface area contributed by atoms with Crippen molar-refractivity contribution in [3.05, 3.63) is 29.8 Å². The third-order valence-corrected chi connectivity index (χ3v) is 4.64. The summed E-state index contributed by atoms with van der Waals surface area (Å²) in [5, 5.41) is 9.43. The summed E-state index contributed by atoms with van der Waals surface area (Å²) in [6, 6.07) is 7.87. The quantitative estimate of drug-likeness (QED) is 0.913. The number of carbonyl (C=O) groups excluding carboxylic acids is 1. The molecule has 1 aliphatic carbocycles. The standard InChI is InChI=1S/C16H21NO3/c1-20-14-6-4-5-12(9-14)16(7-2-3-8-16)15(19)17-10-13(18)11-17/h4-6,9,13,18H,2-3,7-8,10-11H2,1H3. The van der Waals surface area contributed by atoms with E-state index in [1.165, 1.54) is 0 Å². The largest absolute Gasteiger partial charge is 0.497 e. The molecule has 1 aromatic carbocycles. The van der Waals surface area contributed by atoms with Gasteiger partial charge in [-0.05, 0) is 30.5 Å². The summed E-state index contributed by atoms with van der Waals surface area (Å²) in [6.07, 6.45) is 3.61. The van der Waals surface area contributed by atoms with Crippen LogP contribution in [0.25, 0.3) is 0 Å². The van der Waals surface area contributed by atoms with Gasteiger partial charge in [0.2, 0.25) is 5.91 Å². The molecule has 2 aliphatic rings. The van der Waals surface area contributed by atoms with Gasteiger partial charge in [0.15, 0.2) is 0 Å². The van der Waals surface area contributed by atoms with Gasteiger partial charge in [0.25, 0.3) is 0 Å². The highest BCUT2D eigenvalue weighted by molar-refractivity contribution is 5.89. The lowest BCUT2D eigenvalue weighted by atomic mass is 9.76. The maximum atomic E-state index is 12.9. The first-order chi connectivity index (χ1) is 9.65. The zero-order chi connectivity index (χ0) is 14.2. The van der Waals surface area contributed by atoms with Crippen molar-refractivity contribution < 1.29 is 14.6 Å². The van der Waals surface area contributed by atoms with Crippen molar-refractivity contribution in [3.63, 3.8) is 0 Å². The summed E-state index contributed by atoms with van der Waals surface area (Å²) in [7, 11) is 1.65. The van der Waals surface area contributed by atoms with Crippen molar-refractivity contribution in [2.75, 3.05) is 20.2 Å². The number of likely N-dealkylation sites (tertiary alicyclic amines) is 1. The van der Waals surface area contributed by atoms with Crippen LogP contribution in [-0.2, 0) is 10.2 Å². The number of benzene rings is 1. The minimum absolute atomic E-state index is 0.175. The number of carbonyl (C=O) groups is 1. The molecule has 20 heavy (non-hydrogen) atoms. The van der Waals surface area contributed by atoms with Crippen LogP contribution in [0.4, 0.5) is 0 Å². The molecule has 1 saturated heterocycles. The number of nitrogens with zero attached hydrogens (tertiary/aromatic N) is 1. The van der Waals surface area contributed by atoms with E-state index in [1.54, 1.807) is 12.0 Å². The lowest BCUT2D eigenvalue weighted by molar-refractivity contribution is -0.147. The lowest BCUT2D eigenvalue weighted by Crippen LogP contribution is -2.58. The number of hydrogen-bond donors (Lipinski definition) is 1. The number of β-amino-alcohol motifs (C(OH)–C–C–N with tert-alkyl or cyclic N) is 1. The molecule has 3 rings (SSSR count). The number of methoxy groups -OCH3 is 1. The molecule has 1 aliphatic heterocycles. The van der Waals surface area contributed by atoms with Crippen LogP contribution >= 0.6 is 0 Å². The van der Waals surface area contributed by atoms with Gasteiger partial charge < -0.3 is 14.7 Å². The molecule has 0 unspecified atom stereocenters. The van der Waals surface area contributed by atoms with Crippen LogP contribution in [-0.4, -0.2) is 42.2 Å². The average Bonchev–Trinajstić information content (AvgIpc) is 2.94. The zero-order valence-electron chi connectivity index (χ0n) is 11.8. The predicted molar refractivity (Wildman–Crippen MR) is 75.7 cm³/mol. The van der Waals surface area contributed by atoms with Crippen LogP contribution in [0.2, 0.25) is 0 Å². The fourth-order valence-electron chi connectivity index (χ4n) is 3.45. The zero-order valence-corrected chi connectivity index (χ0v) is 11.8. The molecule has 1 heterocycles. The lowest BCUT2D eigenvalue weighted by Gasteiger charge is -2.42. The minimum Gasteiger partial charge on any atom is -0.497 e. The predicted octanol–water partition coefficient (Wildman–Crippen LogP) is 1.71. The fraction of sp³-hybridized carbons (Fsp3) is 0.562. The van der Waals surface area contributed by atoms with Crippen LogP contribution in [0.5, 0.6) is 5.75 Å². The van der Waals surface area contributed by atoms with E-state index in [0.29, 0.717) is 13.1 Å². The Morgan fingerprint density at radius 3 is 2.65 bits per heavy atom. The molecule has 0 aromatic heterocycles. The highest BCUT2D eigenvalue weighted by Crippen LogP contribution is 2.44. The molecule has 1 aromatic rings. The third-order valence-electron chi connectivity index (χ3n) is 4.64. The van der Waals surface area contributed by atoms with Gasteiger partial charge in [0, 0.05) is 13.1 Å². The van der Waals surface area contributed by atoms with Crippen molar-refractivity contribution in [3.8, 4) is 5.75 Å². The molecule has 1 amide bonds. The van der Waals surface area contributed by atoms with Crippen molar-refractivity contribution in [2.45, 2.75) is 37.2 Å². The summed E-state index contributed by atoms with van der Waals surface area (Å²) < 4.78 is 5.29. The molecule has 1 N–H and O–H groups in total. The monoisotopic (exact) mass is 275 g/mol. The maximum Gasteiger partial charge on any atom is 0.233 e. The molecule has 108 valence electrons. The topological polar surface area (TPSA) is 49.8 Å². The molecule has 2 fully saturated rings. The van der Waals surface area contributed by atoms with E-state index in [4.69, 9.17) is 4.74 Å². The van der Waals surface area contributed by atoms with E-state index in [0.717, 1.165) is 37.0 Å². The highest BCUT2D eigenvalue weighted by Gasteiger charge is 2.47. The molecule has 0 spiro atoms. The Balaban J connectivity index is 1.92. The maximum absolute atomic E-state index is 12.9. The number of rotatable bonds is 3. The van der Waals surface area contributed by atoms with Gasteiger partial charge >= 0.3 is 0 Å². The van der Waals surface area contributed by atoms with Crippen molar-refractivity contribution in [2.24, 2.45) is 0 Å². The van der Waals surface area contributed by atoms with Gasteiger partial charge in [-0.15, -0.1) is 0 Å². The number of aliphatic hydroxyl groups excluding tert-OH is 1. The minimum atomic E-state index is -0.408. The summed E-state index contributed by atoms with van der Waals surface area (Å²) in [5.41, 5.74) is 0.648. The number of hydrogen-bond acceptors (Lipinski definition) is 3. The van der Waals surface area contributed by atoms with E-state index in [-0.39, 0.29) is 12.0 Å². The summed E-state index contributed by atoms with van der Waals surface area (Å²) >= 11 is 0. The van der Waals surface area contributed by atoms with E-state index >= 15 is 0 Å². The van der Waals surface area contributed by atoms with Crippen LogP contribution in [0.15, 0.2) is 24.3 Å². The van der Waals surface area contributed by atoms with Crippen molar-refractivity contribution in [1.29, 1.82) is 0 Å². The molecule has 0 atom stereocenters. The SMILES string of the molecule is COc1cccc(C2(C(=O)N3CC(O)C3)CCCC2)c1. The Labute approximate surface area is 119 Å². The average molecular weight is 275 g/mol. The number of amides is 1. The normalized spacial score (nSPS) is 21.6. The first-order valence-corrected chi connectivity index (χ1v) is 7.28. The number of ether oxygens (including phenoxy) is 1. The van der Waals surface area contributed by atoms with Crippen LogP contribution < -0.4 is 4.74 Å². The van der Waals surface area contributed by atoms with Crippen LogP contribution in [0.1, 0.15) is 31.2 Å². The molecular weight excluding hydrogens is 254 g/mol. The second-order valence-electron chi connectivity index (χ2n) is 5.89. The first kappa shape index (κ1) is 13.4. The van der Waals surface area contributed by atoms with Gasteiger partial charge in [-0.25, -0.2) is 0 Å². The third kappa shape index (κ3) is 2.08. The van der Waals surface area contributed by atoms with Gasteiger partial charge in [0.1, 0.15) is 5.75 Å². The molecule has 4 nitrogen and oxygen atoms in total. The van der Waals surface area contributed by atoms with E-state index in [9.17, 15) is 9.90 Å². The van der Waals surface area contributed by atoms with Gasteiger partial charge in [-0.2, -0.15) is 0 Å². The Kier molecular flexibility index (Phi) is 3.42. The Hall–Kier alpha value is -1.55. The van der Waals surface area contributed by atoms with Crippen LogP contribution in [0, 0.1) is 0 Å². The molecule has 0 radical (unpaired) electrons. The summed E-state index contributed by atoms with van der Waals surface area (Å²) in [6.45, 7) is 0.953. The van der Waals surface area contributed by atoms with Gasteiger partial charge in [0.05, 0.1) is 18.6 Å². The smallest absolute Gasteiger partial charge is 0.233 e. The Bertz CT molecular complexity index is 502. The summed E-state index contributed by atoms with van der Waals surface area (Å²) in [5.74, 6) is 0.971. The Morgan fingerprint density at radius 1 is 1.35 bits per heavy atom. The molecular formula is C16H21NO3. The molecule has 4 heteroatoms. The second kappa shape index (κ2) is 5.09. The van der Waals surface area contributed by atoms with E-state index in [2.05, 4.69) is 0 Å². The van der Waals surface area contributed by atoms with Crippen molar-refractivity contribution in [1.82, 2.24) is 4.90 Å². The number of aliphatic hydroxyl groups is 1. The second-order valence-corrected chi connectivity index (χ2v) is 5.89. The Morgan fingerprint density at radius 2 is 2.05 bits per heavy atom. The molecule has 1 saturated carbocycles. The van der Waals surface area contributed by atoms with Gasteiger partial charge in [-0.3, -0.25) is 4.79 Å². The summed E-state index contributed by atoms with van der Waals surface area (Å²) in [4.78, 5) is 14.7. The first-order valence-electron chi connectivity index (χ1n) is 7.28. The van der Waals surface area contributed by atoms with Crippen LogP contribution in [0.3, 0.4) is 0 Å². The highest BCUT2D eigenvalue weighted by atomic mass is 16.5. The van der Waals surface area contributed by atoms with Gasteiger partial charge in [-0.1, -0.05) is 25.0 Å². The fourth-order valence-corrected chi connectivity index (χ4v) is 3.45. The van der Waals surface area contributed by atoms with Crippen molar-refractivity contribution >= 4 is 5.91 Å². The van der Waals surface area contributed by atoms with E-state index < -0.39 is 5.41 Å². The molecule has 0 bridgehead atoms. The van der Waals surface area contributed by atoms with E-state index in [1.807, 2.05) is 24.3 Å².